The highest BCUT2D eigenvalue weighted by Gasteiger charge is 2.17. The van der Waals surface area contributed by atoms with E-state index in [2.05, 4.69) is 9.71 Å². The van der Waals surface area contributed by atoms with Crippen molar-refractivity contribution in [1.29, 1.82) is 0 Å². The number of nitrogens with one attached hydrogen (secondary N) is 1. The van der Waals surface area contributed by atoms with Crippen LogP contribution in [0.25, 0.3) is 0 Å². The molecular weight excluding hydrogens is 288 g/mol. The van der Waals surface area contributed by atoms with Crippen molar-refractivity contribution in [2.45, 2.75) is 24.1 Å². The number of aromatic nitrogens is 1. The average molecular weight is 302 g/mol. The summed E-state index contributed by atoms with van der Waals surface area (Å²) < 4.78 is 31.8. The molecule has 0 saturated carbocycles. The van der Waals surface area contributed by atoms with E-state index in [1.807, 2.05) is 0 Å². The number of hydrogen-bond donors (Lipinski definition) is 2. The summed E-state index contributed by atoms with van der Waals surface area (Å²) in [5, 5.41) is 8.81. The van der Waals surface area contributed by atoms with Gasteiger partial charge in [-0.25, -0.2) is 18.1 Å². The van der Waals surface area contributed by atoms with Crippen LogP contribution in [-0.2, 0) is 23.0 Å². The van der Waals surface area contributed by atoms with Crippen molar-refractivity contribution < 1.29 is 17.9 Å². The molecule has 0 amide bonds. The van der Waals surface area contributed by atoms with Crippen LogP contribution in [0.3, 0.4) is 0 Å². The number of aliphatic hydroxyl groups is 1. The van der Waals surface area contributed by atoms with Gasteiger partial charge < -0.3 is 9.52 Å². The Morgan fingerprint density at radius 1 is 1.47 bits per heavy atom. The van der Waals surface area contributed by atoms with Gasteiger partial charge in [-0.3, -0.25) is 0 Å². The van der Waals surface area contributed by atoms with Crippen LogP contribution in [0.4, 0.5) is 0 Å². The summed E-state index contributed by atoms with van der Waals surface area (Å²) in [5.41, 5.74) is 0. The fourth-order valence-corrected chi connectivity index (χ4v) is 3.82. The molecule has 0 aliphatic heterocycles. The van der Waals surface area contributed by atoms with Crippen LogP contribution in [-0.4, -0.2) is 25.1 Å². The fraction of sp³-hybridized carbons (Fsp3) is 0.364. The Kier molecular flexibility index (Phi) is 4.35. The molecule has 0 atom stereocenters. The second-order valence-corrected chi connectivity index (χ2v) is 7.05. The summed E-state index contributed by atoms with van der Waals surface area (Å²) in [6.07, 6.45) is 1.99. The molecule has 0 fully saturated rings. The minimum absolute atomic E-state index is 0.00300. The summed E-state index contributed by atoms with van der Waals surface area (Å²) in [4.78, 5) is 4.75. The number of oxazole rings is 1. The molecule has 2 aromatic heterocycles. The number of aliphatic hydroxyl groups excluding tert-OH is 1. The number of rotatable bonds is 6. The van der Waals surface area contributed by atoms with Crippen molar-refractivity contribution in [3.8, 4) is 0 Å². The van der Waals surface area contributed by atoms with Crippen LogP contribution >= 0.6 is 11.3 Å². The standard InChI is InChI=1S/C11H14N2O4S2/c1-8-6-12-10(17-8)7-13-19(15,16)11-3-2-9(18-11)4-5-14/h2-3,6,13-14H,4-5,7H2,1H3. The molecule has 0 spiro atoms. The normalized spacial score (nSPS) is 11.9. The van der Waals surface area contributed by atoms with Gasteiger partial charge in [0, 0.05) is 17.9 Å². The van der Waals surface area contributed by atoms with Crippen molar-refractivity contribution in [2.24, 2.45) is 0 Å². The van der Waals surface area contributed by atoms with Crippen LogP contribution in [0.2, 0.25) is 0 Å². The van der Waals surface area contributed by atoms with E-state index in [0.717, 1.165) is 16.2 Å². The van der Waals surface area contributed by atoms with Gasteiger partial charge >= 0.3 is 0 Å². The average Bonchev–Trinajstić information content (AvgIpc) is 2.97. The SMILES string of the molecule is Cc1cnc(CNS(=O)(=O)c2ccc(CCO)s2)o1. The molecular formula is C11H14N2O4S2. The first-order chi connectivity index (χ1) is 9.01. The second-order valence-electron chi connectivity index (χ2n) is 3.88. The Hall–Kier alpha value is -1.22. The van der Waals surface area contributed by atoms with E-state index in [4.69, 9.17) is 9.52 Å². The van der Waals surface area contributed by atoms with E-state index in [9.17, 15) is 8.42 Å². The van der Waals surface area contributed by atoms with E-state index in [1.54, 1.807) is 13.0 Å². The van der Waals surface area contributed by atoms with Crippen molar-refractivity contribution in [3.63, 3.8) is 0 Å². The smallest absolute Gasteiger partial charge is 0.250 e. The van der Waals surface area contributed by atoms with Gasteiger partial charge in [-0.1, -0.05) is 0 Å². The minimum Gasteiger partial charge on any atom is -0.445 e. The summed E-state index contributed by atoms with van der Waals surface area (Å²) in [5.74, 6) is 0.962. The summed E-state index contributed by atoms with van der Waals surface area (Å²) in [6.45, 7) is 1.76. The molecule has 2 aromatic rings. The third kappa shape index (κ3) is 3.63. The van der Waals surface area contributed by atoms with E-state index < -0.39 is 10.0 Å². The zero-order chi connectivity index (χ0) is 13.9. The highest BCUT2D eigenvalue weighted by Crippen LogP contribution is 2.21. The maximum absolute atomic E-state index is 12.0. The third-order valence-corrected chi connectivity index (χ3v) is 5.38. The van der Waals surface area contributed by atoms with Gasteiger partial charge in [0.15, 0.2) is 0 Å². The largest absolute Gasteiger partial charge is 0.445 e. The molecule has 0 radical (unpaired) electrons. The van der Waals surface area contributed by atoms with Crippen molar-refractivity contribution in [1.82, 2.24) is 9.71 Å². The molecule has 2 rings (SSSR count). The molecule has 0 saturated heterocycles. The van der Waals surface area contributed by atoms with Crippen molar-refractivity contribution in [2.75, 3.05) is 6.61 Å². The molecule has 6 nitrogen and oxygen atoms in total. The van der Waals surface area contributed by atoms with E-state index in [1.165, 1.54) is 12.3 Å². The minimum atomic E-state index is -3.56. The maximum atomic E-state index is 12.0. The number of hydrogen-bond acceptors (Lipinski definition) is 6. The first-order valence-corrected chi connectivity index (χ1v) is 7.92. The van der Waals surface area contributed by atoms with E-state index in [0.29, 0.717) is 18.1 Å². The van der Waals surface area contributed by atoms with Crippen LogP contribution in [0, 0.1) is 6.92 Å². The summed E-state index contributed by atoms with van der Waals surface area (Å²) in [7, 11) is -3.56. The Morgan fingerprint density at radius 2 is 2.26 bits per heavy atom. The highest BCUT2D eigenvalue weighted by atomic mass is 32.2. The second kappa shape index (κ2) is 5.83. The first kappa shape index (κ1) is 14.2. The number of sulfonamides is 1. The number of thiophene rings is 1. The number of aryl methyl sites for hydroxylation is 1. The molecule has 2 heterocycles. The van der Waals surface area contributed by atoms with Gasteiger partial charge in [0.2, 0.25) is 5.89 Å². The molecule has 0 aliphatic rings. The highest BCUT2D eigenvalue weighted by molar-refractivity contribution is 7.91. The molecule has 0 aliphatic carbocycles. The third-order valence-electron chi connectivity index (χ3n) is 2.34. The van der Waals surface area contributed by atoms with Gasteiger partial charge in [0.1, 0.15) is 9.97 Å². The van der Waals surface area contributed by atoms with E-state index >= 15 is 0 Å². The van der Waals surface area contributed by atoms with Gasteiger partial charge in [0.05, 0.1) is 12.7 Å². The van der Waals surface area contributed by atoms with Crippen LogP contribution in [0.5, 0.6) is 0 Å². The number of nitrogens with zero attached hydrogens (tertiary/aromatic N) is 1. The topological polar surface area (TPSA) is 92.4 Å². The molecule has 8 heteroatoms. The van der Waals surface area contributed by atoms with Gasteiger partial charge in [-0.2, -0.15) is 0 Å². The molecule has 0 unspecified atom stereocenters. The maximum Gasteiger partial charge on any atom is 0.250 e. The van der Waals surface area contributed by atoms with Crippen LogP contribution in [0.1, 0.15) is 16.5 Å². The zero-order valence-electron chi connectivity index (χ0n) is 10.3. The molecule has 0 aromatic carbocycles. The Balaban J connectivity index is 2.04. The quantitative estimate of drug-likeness (QED) is 0.832. The van der Waals surface area contributed by atoms with Crippen molar-refractivity contribution in [3.05, 3.63) is 34.9 Å². The predicted molar refractivity (Wildman–Crippen MR) is 70.4 cm³/mol. The monoisotopic (exact) mass is 302 g/mol. The van der Waals surface area contributed by atoms with Crippen molar-refractivity contribution >= 4 is 21.4 Å². The lowest BCUT2D eigenvalue weighted by atomic mass is 10.4. The van der Waals surface area contributed by atoms with Crippen LogP contribution in [0.15, 0.2) is 27.0 Å². The van der Waals surface area contributed by atoms with E-state index in [-0.39, 0.29) is 17.4 Å². The fourth-order valence-electron chi connectivity index (χ4n) is 1.46. The van der Waals surface area contributed by atoms with Crippen LogP contribution < -0.4 is 4.72 Å². The lowest BCUT2D eigenvalue weighted by molar-refractivity contribution is 0.300. The lowest BCUT2D eigenvalue weighted by Gasteiger charge is -2.01. The van der Waals surface area contributed by atoms with Gasteiger partial charge in [0.25, 0.3) is 10.0 Å². The van der Waals surface area contributed by atoms with Gasteiger partial charge in [-0.05, 0) is 19.1 Å². The zero-order valence-corrected chi connectivity index (χ0v) is 11.9. The molecule has 0 bridgehead atoms. The molecule has 2 N–H and O–H groups in total. The first-order valence-electron chi connectivity index (χ1n) is 5.62. The summed E-state index contributed by atoms with van der Waals surface area (Å²) in [6, 6.07) is 3.23. The Labute approximate surface area is 115 Å². The molecule has 19 heavy (non-hydrogen) atoms. The lowest BCUT2D eigenvalue weighted by Crippen LogP contribution is -2.22. The summed E-state index contributed by atoms with van der Waals surface area (Å²) >= 11 is 1.14. The Morgan fingerprint density at radius 3 is 2.89 bits per heavy atom. The Bertz CT molecular complexity index is 645. The predicted octanol–water partition coefficient (Wildman–Crippen LogP) is 1.06. The molecule has 104 valence electrons. The van der Waals surface area contributed by atoms with Gasteiger partial charge in [-0.15, -0.1) is 11.3 Å².